The van der Waals surface area contributed by atoms with Gasteiger partial charge in [0.05, 0.1) is 11.4 Å². The summed E-state index contributed by atoms with van der Waals surface area (Å²) in [6.07, 6.45) is 0. The molecule has 0 heterocycles. The molecular weight excluding hydrogens is 370 g/mol. The number of rotatable bonds is 6. The van der Waals surface area contributed by atoms with Crippen LogP contribution in [0.15, 0.2) is 68.9 Å². The molecule has 0 radical (unpaired) electrons. The van der Waals surface area contributed by atoms with Gasteiger partial charge in [-0.1, -0.05) is 24.3 Å². The van der Waals surface area contributed by atoms with Gasteiger partial charge in [0.2, 0.25) is 11.9 Å². The third-order valence-corrected chi connectivity index (χ3v) is 3.76. The van der Waals surface area contributed by atoms with Crippen LogP contribution in [-0.4, -0.2) is 29.2 Å². The molecule has 0 spiro atoms. The van der Waals surface area contributed by atoms with E-state index in [0.29, 0.717) is 22.7 Å². The molecule has 10 nitrogen and oxygen atoms in total. The molecule has 0 aliphatic heterocycles. The molecule has 9 N–H and O–H groups in total. The monoisotopic (exact) mass is 393 g/mol. The van der Waals surface area contributed by atoms with Gasteiger partial charge in [-0.05, 0) is 49.2 Å². The molecule has 2 rings (SSSR count). The fourth-order valence-electron chi connectivity index (χ4n) is 2.24. The van der Waals surface area contributed by atoms with E-state index >= 15 is 0 Å². The first-order valence-corrected chi connectivity index (χ1v) is 8.55. The van der Waals surface area contributed by atoms with Gasteiger partial charge in [0.15, 0.2) is 0 Å². The standard InChI is InChI=1S/C19H23N9O/c1-11(25-27-18(20)21)13-3-5-15(6-4-13)17(29)24-16-9-7-14(8-10-16)12(2)26-28-19(22)23/h3-10H,1-2H3,(H,24,29)(H4,20,21,27)(H4,22,23,28)/b25-11+,26-12+. The van der Waals surface area contributed by atoms with Gasteiger partial charge < -0.3 is 28.3 Å². The number of nitrogens with two attached hydrogens (primary N) is 4. The van der Waals surface area contributed by atoms with Gasteiger partial charge in [0, 0.05) is 11.3 Å². The Kier molecular flexibility index (Phi) is 7.02. The Morgan fingerprint density at radius 2 is 1.03 bits per heavy atom. The van der Waals surface area contributed by atoms with Crippen LogP contribution >= 0.6 is 0 Å². The van der Waals surface area contributed by atoms with Crippen molar-refractivity contribution in [2.24, 2.45) is 43.3 Å². The summed E-state index contributed by atoms with van der Waals surface area (Å²) in [7, 11) is 0. The molecule has 10 heteroatoms. The topological polar surface area (TPSA) is 183 Å². The predicted octanol–water partition coefficient (Wildman–Crippen LogP) is 0.934. The summed E-state index contributed by atoms with van der Waals surface area (Å²) in [5.74, 6) is -0.477. The summed E-state index contributed by atoms with van der Waals surface area (Å²) in [5.41, 5.74) is 25.1. The molecule has 0 bridgehead atoms. The summed E-state index contributed by atoms with van der Waals surface area (Å²) < 4.78 is 0. The highest BCUT2D eigenvalue weighted by Crippen LogP contribution is 2.13. The number of benzene rings is 2. The van der Waals surface area contributed by atoms with Gasteiger partial charge in [-0.2, -0.15) is 10.2 Å². The maximum Gasteiger partial charge on any atom is 0.255 e. The second-order valence-electron chi connectivity index (χ2n) is 6.03. The average Bonchev–Trinajstić information content (AvgIpc) is 2.70. The lowest BCUT2D eigenvalue weighted by molar-refractivity contribution is 0.102. The fraction of sp³-hybridized carbons (Fsp3) is 0.105. The highest BCUT2D eigenvalue weighted by molar-refractivity contribution is 6.06. The molecule has 29 heavy (non-hydrogen) atoms. The van der Waals surface area contributed by atoms with Crippen molar-refractivity contribution in [1.29, 1.82) is 0 Å². The van der Waals surface area contributed by atoms with E-state index in [0.717, 1.165) is 11.1 Å². The number of nitrogens with zero attached hydrogens (tertiary/aromatic N) is 4. The van der Waals surface area contributed by atoms with Gasteiger partial charge in [-0.15, -0.1) is 10.2 Å². The van der Waals surface area contributed by atoms with E-state index in [9.17, 15) is 4.79 Å². The normalized spacial score (nSPS) is 11.5. The molecule has 0 saturated carbocycles. The number of anilines is 1. The largest absolute Gasteiger partial charge is 0.369 e. The number of nitrogens with one attached hydrogen (secondary N) is 1. The van der Waals surface area contributed by atoms with Crippen molar-refractivity contribution in [2.75, 3.05) is 5.32 Å². The van der Waals surface area contributed by atoms with E-state index in [2.05, 4.69) is 25.7 Å². The zero-order valence-electron chi connectivity index (χ0n) is 16.1. The van der Waals surface area contributed by atoms with Crippen molar-refractivity contribution in [3.05, 3.63) is 65.2 Å². The van der Waals surface area contributed by atoms with Gasteiger partial charge in [0.1, 0.15) is 0 Å². The van der Waals surface area contributed by atoms with Gasteiger partial charge >= 0.3 is 0 Å². The molecule has 0 aliphatic rings. The van der Waals surface area contributed by atoms with Crippen LogP contribution in [0.4, 0.5) is 5.69 Å². The SMILES string of the molecule is C/C(=N\N=C(N)N)c1ccc(NC(=O)c2ccc(/C(C)=N/N=C(N)N)cc2)cc1. The van der Waals surface area contributed by atoms with E-state index in [1.54, 1.807) is 50.2 Å². The Labute approximate surface area is 168 Å². The highest BCUT2D eigenvalue weighted by Gasteiger charge is 2.07. The molecule has 0 unspecified atom stereocenters. The van der Waals surface area contributed by atoms with Crippen LogP contribution in [0.5, 0.6) is 0 Å². The van der Waals surface area contributed by atoms with E-state index < -0.39 is 0 Å². The summed E-state index contributed by atoms with van der Waals surface area (Å²) in [4.78, 5) is 12.4. The van der Waals surface area contributed by atoms with Crippen LogP contribution in [0, 0.1) is 0 Å². The molecular formula is C19H23N9O. The maximum atomic E-state index is 12.4. The molecule has 0 saturated heterocycles. The Balaban J connectivity index is 2.07. The predicted molar refractivity (Wildman–Crippen MR) is 117 cm³/mol. The first-order valence-electron chi connectivity index (χ1n) is 8.55. The van der Waals surface area contributed by atoms with Crippen molar-refractivity contribution < 1.29 is 4.79 Å². The Morgan fingerprint density at radius 3 is 1.45 bits per heavy atom. The lowest BCUT2D eigenvalue weighted by atomic mass is 10.1. The molecule has 2 aromatic carbocycles. The van der Waals surface area contributed by atoms with Crippen molar-refractivity contribution in [2.45, 2.75) is 13.8 Å². The number of amides is 1. The maximum absolute atomic E-state index is 12.4. The minimum absolute atomic E-state index is 0.114. The van der Waals surface area contributed by atoms with Crippen molar-refractivity contribution in [3.8, 4) is 0 Å². The van der Waals surface area contributed by atoms with Crippen LogP contribution in [0.2, 0.25) is 0 Å². The van der Waals surface area contributed by atoms with Crippen molar-refractivity contribution >= 4 is 34.9 Å². The highest BCUT2D eigenvalue weighted by atomic mass is 16.1. The molecule has 0 atom stereocenters. The van der Waals surface area contributed by atoms with Crippen LogP contribution in [-0.2, 0) is 0 Å². The molecule has 0 aromatic heterocycles. The number of hydrogen-bond acceptors (Lipinski definition) is 5. The van der Waals surface area contributed by atoms with Crippen molar-refractivity contribution in [1.82, 2.24) is 0 Å². The van der Waals surface area contributed by atoms with Crippen LogP contribution in [0.1, 0.15) is 35.3 Å². The zero-order valence-corrected chi connectivity index (χ0v) is 16.1. The molecule has 150 valence electrons. The van der Waals surface area contributed by atoms with Crippen LogP contribution in [0.25, 0.3) is 0 Å². The van der Waals surface area contributed by atoms with Gasteiger partial charge in [-0.25, -0.2) is 0 Å². The van der Waals surface area contributed by atoms with Crippen molar-refractivity contribution in [3.63, 3.8) is 0 Å². The number of carbonyl (C=O) groups is 1. The number of hydrogen-bond donors (Lipinski definition) is 5. The number of guanidine groups is 2. The molecule has 2 aromatic rings. The minimum atomic E-state index is -0.242. The van der Waals surface area contributed by atoms with E-state index in [-0.39, 0.29) is 17.8 Å². The lowest BCUT2D eigenvalue weighted by Gasteiger charge is -2.07. The van der Waals surface area contributed by atoms with Gasteiger partial charge in [0.25, 0.3) is 5.91 Å². The molecule has 1 amide bonds. The average molecular weight is 393 g/mol. The quantitative estimate of drug-likeness (QED) is 0.277. The van der Waals surface area contributed by atoms with E-state index in [1.165, 1.54) is 0 Å². The fourth-order valence-corrected chi connectivity index (χ4v) is 2.24. The third-order valence-electron chi connectivity index (χ3n) is 3.76. The Morgan fingerprint density at radius 1 is 0.655 bits per heavy atom. The smallest absolute Gasteiger partial charge is 0.255 e. The Hall–Kier alpha value is -4.21. The van der Waals surface area contributed by atoms with Gasteiger partial charge in [-0.3, -0.25) is 4.79 Å². The first kappa shape index (κ1) is 21.1. The third kappa shape index (κ3) is 6.47. The molecule has 0 aliphatic carbocycles. The van der Waals surface area contributed by atoms with Crippen LogP contribution in [0.3, 0.4) is 0 Å². The minimum Gasteiger partial charge on any atom is -0.369 e. The number of carbonyl (C=O) groups excluding carboxylic acids is 1. The summed E-state index contributed by atoms with van der Waals surface area (Å²) in [6, 6.07) is 14.1. The zero-order chi connectivity index (χ0) is 21.4. The van der Waals surface area contributed by atoms with E-state index in [4.69, 9.17) is 22.9 Å². The Bertz CT molecular complexity index is 979. The second kappa shape index (κ2) is 9.65. The summed E-state index contributed by atoms with van der Waals surface area (Å²) in [6.45, 7) is 3.54. The lowest BCUT2D eigenvalue weighted by Crippen LogP contribution is -2.22. The summed E-state index contributed by atoms with van der Waals surface area (Å²) >= 11 is 0. The first-order chi connectivity index (χ1) is 13.8. The van der Waals surface area contributed by atoms with Crippen LogP contribution < -0.4 is 28.3 Å². The second-order valence-corrected chi connectivity index (χ2v) is 6.03. The molecule has 0 fully saturated rings. The van der Waals surface area contributed by atoms with E-state index in [1.807, 2.05) is 12.1 Å². The summed E-state index contributed by atoms with van der Waals surface area (Å²) in [5, 5.41) is 17.9.